The lowest BCUT2D eigenvalue weighted by molar-refractivity contribution is 0.396. The van der Waals surface area contributed by atoms with Crippen LogP contribution >= 0.6 is 0 Å². The molecule has 0 unspecified atom stereocenters. The van der Waals surface area contributed by atoms with Crippen LogP contribution in [0.2, 0.25) is 0 Å². The molecule has 0 bridgehead atoms. The van der Waals surface area contributed by atoms with Crippen molar-refractivity contribution in [3.05, 3.63) is 72.8 Å². The van der Waals surface area contributed by atoms with Crippen LogP contribution in [0.25, 0.3) is 44.6 Å². The fourth-order valence-electron chi connectivity index (χ4n) is 3.98. The summed E-state index contributed by atoms with van der Waals surface area (Å²) < 4.78 is 34.2. The van der Waals surface area contributed by atoms with E-state index in [1.807, 2.05) is 72.8 Å². The highest BCUT2D eigenvalue weighted by Crippen LogP contribution is 2.37. The van der Waals surface area contributed by atoms with Gasteiger partial charge >= 0.3 is 22.7 Å². The molecule has 5 rings (SSSR count). The topological polar surface area (TPSA) is 59.5 Å². The molecule has 34 heavy (non-hydrogen) atoms. The molecule has 2 aromatic heterocycles. The Balaban J connectivity index is 1.59. The van der Waals surface area contributed by atoms with Gasteiger partial charge in [0.2, 0.25) is 0 Å². The molecule has 170 valence electrons. The monoisotopic (exact) mass is 456 g/mol. The molecular formula is C28H24O6+2. The maximum Gasteiger partial charge on any atom is 0.368 e. The second-order valence-electron chi connectivity index (χ2n) is 7.66. The van der Waals surface area contributed by atoms with Gasteiger partial charge < -0.3 is 18.9 Å². The molecule has 0 fully saturated rings. The maximum atomic E-state index is 6.23. The Morgan fingerprint density at radius 2 is 0.971 bits per heavy atom. The first kappa shape index (κ1) is 21.5. The van der Waals surface area contributed by atoms with Gasteiger partial charge in [0.15, 0.2) is 0 Å². The van der Waals surface area contributed by atoms with Crippen LogP contribution in [0.3, 0.4) is 0 Å². The number of hydrogen-bond donors (Lipinski definition) is 0. The Kier molecular flexibility index (Phi) is 5.64. The van der Waals surface area contributed by atoms with Crippen molar-refractivity contribution in [3.63, 3.8) is 0 Å². The number of fused-ring (bicyclic) bond motifs is 2. The first-order valence-electron chi connectivity index (χ1n) is 10.7. The van der Waals surface area contributed by atoms with E-state index in [9.17, 15) is 0 Å². The fraction of sp³-hybridized carbons (Fsp3) is 0.143. The first-order valence-corrected chi connectivity index (χ1v) is 10.7. The quantitative estimate of drug-likeness (QED) is 0.254. The average Bonchev–Trinajstić information content (AvgIpc) is 2.90. The summed E-state index contributed by atoms with van der Waals surface area (Å²) in [5, 5.41) is 1.74. The molecule has 5 aromatic rings. The molecule has 0 amide bonds. The van der Waals surface area contributed by atoms with Crippen molar-refractivity contribution < 1.29 is 27.8 Å². The minimum atomic E-state index is 0.667. The van der Waals surface area contributed by atoms with Crippen molar-refractivity contribution in [2.24, 2.45) is 0 Å². The lowest BCUT2D eigenvalue weighted by Gasteiger charge is -2.04. The van der Waals surface area contributed by atoms with E-state index in [4.69, 9.17) is 27.8 Å². The van der Waals surface area contributed by atoms with Gasteiger partial charge in [-0.3, -0.25) is 0 Å². The maximum absolute atomic E-state index is 6.23. The molecule has 3 aromatic carbocycles. The van der Waals surface area contributed by atoms with Crippen LogP contribution in [-0.2, 0) is 0 Å². The Morgan fingerprint density at radius 3 is 1.38 bits per heavy atom. The van der Waals surface area contributed by atoms with E-state index >= 15 is 0 Å². The Hall–Kier alpha value is -4.32. The number of rotatable bonds is 6. The summed E-state index contributed by atoms with van der Waals surface area (Å²) in [5.41, 5.74) is 3.18. The molecule has 2 heterocycles. The molecule has 0 aliphatic heterocycles. The third-order valence-corrected chi connectivity index (χ3v) is 5.74. The molecule has 0 aliphatic rings. The van der Waals surface area contributed by atoms with Gasteiger partial charge in [0, 0.05) is 24.3 Å². The average molecular weight is 456 g/mol. The number of methoxy groups -OCH3 is 4. The van der Waals surface area contributed by atoms with Gasteiger partial charge in [-0.2, -0.15) is 0 Å². The summed E-state index contributed by atoms with van der Waals surface area (Å²) in [6.45, 7) is 0. The molecule has 0 saturated heterocycles. The molecule has 0 aliphatic carbocycles. The van der Waals surface area contributed by atoms with Crippen molar-refractivity contribution in [3.8, 4) is 45.6 Å². The minimum absolute atomic E-state index is 0.667. The normalized spacial score (nSPS) is 10.9. The van der Waals surface area contributed by atoms with Crippen LogP contribution in [0.15, 0.2) is 81.6 Å². The Morgan fingerprint density at radius 1 is 0.500 bits per heavy atom. The Labute approximate surface area is 196 Å². The van der Waals surface area contributed by atoms with Crippen molar-refractivity contribution in [2.45, 2.75) is 0 Å². The van der Waals surface area contributed by atoms with E-state index in [0.29, 0.717) is 45.7 Å². The van der Waals surface area contributed by atoms with Crippen LogP contribution in [0.5, 0.6) is 23.0 Å². The highest BCUT2D eigenvalue weighted by atomic mass is 16.5. The third-order valence-electron chi connectivity index (χ3n) is 5.74. The number of hydrogen-bond acceptors (Lipinski definition) is 4. The van der Waals surface area contributed by atoms with Gasteiger partial charge in [-0.1, -0.05) is 6.07 Å². The van der Waals surface area contributed by atoms with Gasteiger partial charge in [0.25, 0.3) is 0 Å². The highest BCUT2D eigenvalue weighted by Gasteiger charge is 2.22. The van der Waals surface area contributed by atoms with Crippen molar-refractivity contribution in [2.75, 3.05) is 28.4 Å². The van der Waals surface area contributed by atoms with E-state index < -0.39 is 0 Å². The standard InChI is InChI=1S/C28H24O6/c1-29-19-13-25(31-3)21-8-10-23(33-27(21)15-19)17-6-5-7-18(12-17)24-11-9-22-26(32-4)14-20(30-2)16-28(22)34-24/h5-16H,1-4H3/q+2. The van der Waals surface area contributed by atoms with Crippen LogP contribution in [0.1, 0.15) is 0 Å². The predicted octanol–water partition coefficient (Wildman–Crippen LogP) is 7.11. The zero-order valence-corrected chi connectivity index (χ0v) is 19.4. The second kappa shape index (κ2) is 8.90. The van der Waals surface area contributed by atoms with Crippen molar-refractivity contribution in [1.29, 1.82) is 0 Å². The summed E-state index contributed by atoms with van der Waals surface area (Å²) >= 11 is 0. The van der Waals surface area contributed by atoms with E-state index in [-0.39, 0.29) is 0 Å². The molecule has 0 saturated carbocycles. The molecule has 6 nitrogen and oxygen atoms in total. The van der Waals surface area contributed by atoms with Crippen molar-refractivity contribution >= 4 is 21.9 Å². The van der Waals surface area contributed by atoms with Gasteiger partial charge in [-0.25, -0.2) is 8.83 Å². The van der Waals surface area contributed by atoms with Crippen molar-refractivity contribution in [1.82, 2.24) is 0 Å². The molecule has 0 atom stereocenters. The SMILES string of the molecule is COc1cc(OC)c2ccc(-c3cccc(-c4ccc5c(OC)cc(OC)cc5[o+]4)c3)[o+]c2c1. The van der Waals surface area contributed by atoms with E-state index in [1.54, 1.807) is 28.4 Å². The third kappa shape index (κ3) is 3.83. The first-order chi connectivity index (χ1) is 16.6. The van der Waals surface area contributed by atoms with E-state index in [2.05, 4.69) is 0 Å². The summed E-state index contributed by atoms with van der Waals surface area (Å²) in [5.74, 6) is 4.15. The largest absolute Gasteiger partial charge is 0.496 e. The van der Waals surface area contributed by atoms with Crippen LogP contribution in [0, 0.1) is 0 Å². The Bertz CT molecular complexity index is 1400. The van der Waals surface area contributed by atoms with Crippen LogP contribution in [-0.4, -0.2) is 28.4 Å². The molecule has 0 radical (unpaired) electrons. The van der Waals surface area contributed by atoms with Crippen LogP contribution < -0.4 is 18.9 Å². The fourth-order valence-corrected chi connectivity index (χ4v) is 3.98. The van der Waals surface area contributed by atoms with Gasteiger partial charge in [0.1, 0.15) is 33.8 Å². The lowest BCUT2D eigenvalue weighted by Crippen LogP contribution is -1.90. The number of ether oxygens (including phenoxy) is 4. The predicted molar refractivity (Wildman–Crippen MR) is 132 cm³/mol. The zero-order valence-electron chi connectivity index (χ0n) is 19.4. The van der Waals surface area contributed by atoms with Gasteiger partial charge in [-0.05, 0) is 30.3 Å². The summed E-state index contributed by atoms with van der Waals surface area (Å²) in [6, 6.07) is 23.2. The van der Waals surface area contributed by atoms with Gasteiger partial charge in [0.05, 0.1) is 51.7 Å². The molecule has 0 N–H and O–H groups in total. The lowest BCUT2D eigenvalue weighted by atomic mass is 10.1. The molecule has 0 spiro atoms. The smallest absolute Gasteiger partial charge is 0.368 e. The highest BCUT2D eigenvalue weighted by molar-refractivity contribution is 5.88. The summed E-state index contributed by atoms with van der Waals surface area (Å²) in [7, 11) is 6.49. The summed E-state index contributed by atoms with van der Waals surface area (Å²) in [6.07, 6.45) is 0. The number of benzene rings is 3. The van der Waals surface area contributed by atoms with Crippen LogP contribution in [0.4, 0.5) is 0 Å². The second-order valence-corrected chi connectivity index (χ2v) is 7.66. The summed E-state index contributed by atoms with van der Waals surface area (Å²) in [4.78, 5) is 0. The molecule has 6 heteroatoms. The molecular weight excluding hydrogens is 432 g/mol. The van der Waals surface area contributed by atoms with E-state index in [1.165, 1.54) is 0 Å². The van der Waals surface area contributed by atoms with Gasteiger partial charge in [-0.15, -0.1) is 0 Å². The minimum Gasteiger partial charge on any atom is -0.496 e. The van der Waals surface area contributed by atoms with E-state index in [0.717, 1.165) is 21.9 Å². The zero-order chi connectivity index (χ0) is 23.7.